The van der Waals surface area contributed by atoms with Crippen LogP contribution in [0.15, 0.2) is 72.8 Å². The first kappa shape index (κ1) is 28.5. The molecule has 1 amide bonds. The number of nitrogens with one attached hydrogen (secondary N) is 1. The topological polar surface area (TPSA) is 101 Å². The zero-order valence-corrected chi connectivity index (χ0v) is 21.8. The second-order valence-electron chi connectivity index (χ2n) is 9.81. The lowest BCUT2D eigenvalue weighted by Gasteiger charge is -2.22. The van der Waals surface area contributed by atoms with Gasteiger partial charge in [-0.2, -0.15) is 0 Å². The van der Waals surface area contributed by atoms with Crippen molar-refractivity contribution < 1.29 is 33.1 Å². The molecule has 0 bridgehead atoms. The minimum absolute atomic E-state index is 0.0370. The van der Waals surface area contributed by atoms with Crippen LogP contribution in [-0.2, 0) is 4.79 Å². The molecule has 1 fully saturated rings. The number of halogens is 2. The number of carboxylic acid groups (broad SMARTS) is 1. The van der Waals surface area contributed by atoms with Gasteiger partial charge in [-0.3, -0.25) is 19.2 Å². The van der Waals surface area contributed by atoms with Crippen LogP contribution in [0.3, 0.4) is 0 Å². The van der Waals surface area contributed by atoms with Crippen LogP contribution in [0.1, 0.15) is 86.6 Å². The van der Waals surface area contributed by atoms with Crippen molar-refractivity contribution in [2.45, 2.75) is 44.4 Å². The minimum Gasteiger partial charge on any atom is -0.481 e. The normalized spacial score (nSPS) is 14.0. The van der Waals surface area contributed by atoms with Crippen molar-refractivity contribution in [2.24, 2.45) is 0 Å². The van der Waals surface area contributed by atoms with E-state index >= 15 is 0 Å². The van der Waals surface area contributed by atoms with E-state index in [-0.39, 0.29) is 35.2 Å². The van der Waals surface area contributed by atoms with Gasteiger partial charge in [0.1, 0.15) is 0 Å². The quantitative estimate of drug-likeness (QED) is 0.228. The molecule has 1 aliphatic carbocycles. The summed E-state index contributed by atoms with van der Waals surface area (Å²) in [6.07, 6.45) is 6.68. The molecule has 40 heavy (non-hydrogen) atoms. The number of aliphatic carboxylic acids is 1. The van der Waals surface area contributed by atoms with E-state index in [1.165, 1.54) is 49.1 Å². The number of carbonyl (C=O) groups excluding carboxylic acids is 3. The fourth-order valence-electron chi connectivity index (χ4n) is 4.83. The fourth-order valence-corrected chi connectivity index (χ4v) is 4.83. The average Bonchev–Trinajstić information content (AvgIpc) is 2.97. The molecule has 0 atom stereocenters. The third-order valence-corrected chi connectivity index (χ3v) is 7.06. The molecule has 2 N–H and O–H groups in total. The molecule has 1 aliphatic rings. The maximum atomic E-state index is 13.8. The third kappa shape index (κ3) is 7.14. The van der Waals surface area contributed by atoms with Gasteiger partial charge in [0.05, 0.1) is 6.42 Å². The van der Waals surface area contributed by atoms with E-state index < -0.39 is 35.1 Å². The van der Waals surface area contributed by atoms with E-state index in [2.05, 4.69) is 5.32 Å². The average molecular weight is 546 g/mol. The summed E-state index contributed by atoms with van der Waals surface area (Å²) in [5.41, 5.74) is 2.08. The molecular weight excluding hydrogens is 516 g/mol. The number of hydrogen-bond donors (Lipinski definition) is 2. The SMILES string of the molecule is O=C(O)CCNC(=O)c1ccc(C(=O)/C(=C\C(=O)c2ccc(F)c(F)c2)c2ccc(C3CCCCC3)cc2)cc1. The van der Waals surface area contributed by atoms with E-state index in [1.807, 2.05) is 12.1 Å². The molecule has 0 unspecified atom stereocenters. The monoisotopic (exact) mass is 545 g/mol. The van der Waals surface area contributed by atoms with E-state index in [0.29, 0.717) is 11.5 Å². The Kier molecular flexibility index (Phi) is 9.32. The lowest BCUT2D eigenvalue weighted by molar-refractivity contribution is -0.136. The fraction of sp³-hybridized carbons (Fsp3) is 0.250. The summed E-state index contributed by atoms with van der Waals surface area (Å²) in [7, 11) is 0. The Bertz CT molecular complexity index is 1440. The molecule has 0 saturated heterocycles. The highest BCUT2D eigenvalue weighted by Gasteiger charge is 2.20. The van der Waals surface area contributed by atoms with Crippen LogP contribution >= 0.6 is 0 Å². The molecule has 1 saturated carbocycles. The Hall–Kier alpha value is -4.46. The number of benzene rings is 3. The Morgan fingerprint density at radius 2 is 1.38 bits per heavy atom. The van der Waals surface area contributed by atoms with Crippen molar-refractivity contribution in [3.63, 3.8) is 0 Å². The van der Waals surface area contributed by atoms with Gasteiger partial charge >= 0.3 is 5.97 Å². The number of rotatable bonds is 10. The van der Waals surface area contributed by atoms with Crippen LogP contribution in [0, 0.1) is 11.6 Å². The smallest absolute Gasteiger partial charge is 0.305 e. The number of amides is 1. The Labute approximate surface area is 230 Å². The van der Waals surface area contributed by atoms with Gasteiger partial charge in [0, 0.05) is 28.8 Å². The maximum Gasteiger partial charge on any atom is 0.305 e. The van der Waals surface area contributed by atoms with E-state index in [9.17, 15) is 28.0 Å². The second kappa shape index (κ2) is 13.1. The Balaban J connectivity index is 1.62. The third-order valence-electron chi connectivity index (χ3n) is 7.06. The molecule has 0 aromatic heterocycles. The van der Waals surface area contributed by atoms with Crippen LogP contribution in [-0.4, -0.2) is 35.1 Å². The van der Waals surface area contributed by atoms with Crippen LogP contribution in [0.25, 0.3) is 5.57 Å². The molecule has 0 radical (unpaired) electrons. The highest BCUT2D eigenvalue weighted by atomic mass is 19.2. The summed E-state index contributed by atoms with van der Waals surface area (Å²) in [5, 5.41) is 11.2. The lowest BCUT2D eigenvalue weighted by atomic mass is 9.83. The number of ketones is 2. The molecular formula is C32H29F2NO5. The first-order valence-electron chi connectivity index (χ1n) is 13.2. The first-order chi connectivity index (χ1) is 19.2. The lowest BCUT2D eigenvalue weighted by Crippen LogP contribution is -2.26. The summed E-state index contributed by atoms with van der Waals surface area (Å²) in [5.74, 6) is -4.47. The molecule has 0 heterocycles. The predicted octanol–water partition coefficient (Wildman–Crippen LogP) is 6.37. The predicted molar refractivity (Wildman–Crippen MR) is 146 cm³/mol. The highest BCUT2D eigenvalue weighted by Crippen LogP contribution is 2.33. The summed E-state index contributed by atoms with van der Waals surface area (Å²) in [4.78, 5) is 49.6. The number of carbonyl (C=O) groups is 4. The van der Waals surface area contributed by atoms with E-state index in [4.69, 9.17) is 5.11 Å². The molecule has 3 aromatic rings. The van der Waals surface area contributed by atoms with Crippen LogP contribution in [0.2, 0.25) is 0 Å². The van der Waals surface area contributed by atoms with Gasteiger partial charge in [-0.25, -0.2) is 8.78 Å². The molecule has 206 valence electrons. The summed E-state index contributed by atoms with van der Waals surface area (Å²) >= 11 is 0. The van der Waals surface area contributed by atoms with Crippen LogP contribution < -0.4 is 5.32 Å². The maximum absolute atomic E-state index is 13.8. The number of allylic oxidation sites excluding steroid dienone is 2. The van der Waals surface area contributed by atoms with Gasteiger partial charge in [-0.05, 0) is 66.3 Å². The van der Waals surface area contributed by atoms with Crippen molar-refractivity contribution in [3.8, 4) is 0 Å². The number of Topliss-reactive ketones (excluding diaryl/α,β-unsaturated/α-hetero) is 1. The van der Waals surface area contributed by atoms with Crippen molar-refractivity contribution in [1.29, 1.82) is 0 Å². The molecule has 0 spiro atoms. The Morgan fingerprint density at radius 3 is 2.00 bits per heavy atom. The summed E-state index contributed by atoms with van der Waals surface area (Å²) in [6, 6.07) is 16.1. The van der Waals surface area contributed by atoms with Gasteiger partial charge in [0.2, 0.25) is 0 Å². The molecule has 4 rings (SSSR count). The second-order valence-corrected chi connectivity index (χ2v) is 9.81. The highest BCUT2D eigenvalue weighted by molar-refractivity contribution is 6.32. The van der Waals surface area contributed by atoms with Gasteiger partial charge < -0.3 is 10.4 Å². The van der Waals surface area contributed by atoms with Crippen molar-refractivity contribution in [3.05, 3.63) is 112 Å². The van der Waals surface area contributed by atoms with Crippen LogP contribution in [0.5, 0.6) is 0 Å². The Morgan fingerprint density at radius 1 is 0.775 bits per heavy atom. The van der Waals surface area contributed by atoms with Crippen molar-refractivity contribution in [2.75, 3.05) is 6.54 Å². The van der Waals surface area contributed by atoms with Crippen molar-refractivity contribution >= 4 is 29.0 Å². The van der Waals surface area contributed by atoms with Gasteiger partial charge in [0.25, 0.3) is 5.91 Å². The molecule has 3 aromatic carbocycles. The van der Waals surface area contributed by atoms with Gasteiger partial charge in [0.15, 0.2) is 23.2 Å². The zero-order chi connectivity index (χ0) is 28.6. The van der Waals surface area contributed by atoms with Gasteiger partial charge in [-0.15, -0.1) is 0 Å². The zero-order valence-electron chi connectivity index (χ0n) is 21.8. The number of carboxylic acids is 1. The largest absolute Gasteiger partial charge is 0.481 e. The standard InChI is InChI=1S/C32H29F2NO5/c33-27-15-14-25(18-28(27)34)29(36)19-26(22-8-6-21(7-9-22)20-4-2-1-3-5-20)31(39)23-10-12-24(13-11-23)32(40)35-17-16-30(37)38/h6-15,18-20H,1-5,16-17H2,(H,35,40)(H,37,38)/b26-19-. The van der Waals surface area contributed by atoms with Crippen molar-refractivity contribution in [1.82, 2.24) is 5.32 Å². The molecule has 6 nitrogen and oxygen atoms in total. The van der Waals surface area contributed by atoms with Gasteiger partial charge in [-0.1, -0.05) is 55.7 Å². The summed E-state index contributed by atoms with van der Waals surface area (Å²) < 4.78 is 27.2. The summed E-state index contributed by atoms with van der Waals surface area (Å²) in [6.45, 7) is -0.0370. The number of hydrogen-bond acceptors (Lipinski definition) is 4. The van der Waals surface area contributed by atoms with E-state index in [1.54, 1.807) is 12.1 Å². The molecule has 0 aliphatic heterocycles. The van der Waals surface area contributed by atoms with Crippen LogP contribution in [0.4, 0.5) is 8.78 Å². The van der Waals surface area contributed by atoms with E-state index in [0.717, 1.165) is 37.1 Å². The minimum atomic E-state index is -1.17. The molecule has 8 heteroatoms. The first-order valence-corrected chi connectivity index (χ1v) is 13.2.